The summed E-state index contributed by atoms with van der Waals surface area (Å²) in [6.07, 6.45) is 4.89. The Balaban J connectivity index is 1.60. The van der Waals surface area contributed by atoms with E-state index in [1.54, 1.807) is 12.3 Å². The summed E-state index contributed by atoms with van der Waals surface area (Å²) in [7, 11) is 0. The highest BCUT2D eigenvalue weighted by molar-refractivity contribution is 7.99. The van der Waals surface area contributed by atoms with E-state index >= 15 is 0 Å². The number of anilines is 1. The zero-order valence-electron chi connectivity index (χ0n) is 20.3. The van der Waals surface area contributed by atoms with Crippen LogP contribution in [0.1, 0.15) is 29.3 Å². The number of halogens is 1. The highest BCUT2D eigenvalue weighted by atomic mass is 32.2. The summed E-state index contributed by atoms with van der Waals surface area (Å²) in [6.45, 7) is 2.22. The lowest BCUT2D eigenvalue weighted by Gasteiger charge is -2.18. The van der Waals surface area contributed by atoms with Gasteiger partial charge in [-0.2, -0.15) is 0 Å². The van der Waals surface area contributed by atoms with Gasteiger partial charge in [0.25, 0.3) is 5.91 Å². The monoisotopic (exact) mass is 507 g/mol. The summed E-state index contributed by atoms with van der Waals surface area (Å²) in [5.74, 6) is -0.187. The molecule has 4 rings (SSSR count). The highest BCUT2D eigenvalue weighted by Crippen LogP contribution is 2.29. The Morgan fingerprint density at radius 2 is 1.97 bits per heavy atom. The molecule has 3 aromatic carbocycles. The van der Waals surface area contributed by atoms with Crippen molar-refractivity contribution in [2.24, 2.45) is 0 Å². The molecule has 0 aliphatic heterocycles. The van der Waals surface area contributed by atoms with E-state index in [4.69, 9.17) is 4.74 Å². The lowest BCUT2D eigenvalue weighted by atomic mass is 10.0. The number of amides is 1. The quantitative estimate of drug-likeness (QED) is 0.193. The van der Waals surface area contributed by atoms with E-state index in [0.29, 0.717) is 24.3 Å². The number of aromatic amines is 1. The number of fused-ring (bicyclic) bond motifs is 1. The molecule has 0 spiro atoms. The minimum absolute atomic E-state index is 0.263. The second kappa shape index (κ2) is 12.0. The summed E-state index contributed by atoms with van der Waals surface area (Å²) in [5.41, 5.74) is 4.82. The molecule has 4 N–H and O–H groups in total. The molecule has 0 saturated heterocycles. The fourth-order valence-electron chi connectivity index (χ4n) is 4.11. The molecule has 4 aromatic rings. The van der Waals surface area contributed by atoms with Crippen molar-refractivity contribution >= 4 is 34.4 Å². The number of hydrogen-bond acceptors (Lipinski definition) is 5. The van der Waals surface area contributed by atoms with Crippen LogP contribution in [-0.4, -0.2) is 41.5 Å². The van der Waals surface area contributed by atoms with Crippen molar-refractivity contribution in [3.63, 3.8) is 0 Å². The topological polar surface area (TPSA) is 86.4 Å². The van der Waals surface area contributed by atoms with E-state index < -0.39 is 6.04 Å². The van der Waals surface area contributed by atoms with E-state index in [2.05, 4.69) is 15.0 Å². The second-order valence-corrected chi connectivity index (χ2v) is 9.12. The van der Waals surface area contributed by atoms with Crippen molar-refractivity contribution in [3.05, 3.63) is 83.8 Å². The van der Waals surface area contributed by atoms with Crippen LogP contribution in [0.2, 0.25) is 0 Å². The first-order valence-electron chi connectivity index (χ1n) is 11.9. The van der Waals surface area contributed by atoms with Crippen LogP contribution in [0, 0.1) is 5.82 Å². The first kappa shape index (κ1) is 25.6. The normalized spacial score (nSPS) is 11.9. The molecule has 0 saturated carbocycles. The Labute approximate surface area is 214 Å². The molecule has 36 heavy (non-hydrogen) atoms. The third kappa shape index (κ3) is 6.01. The number of benzene rings is 3. The number of H-pyrrole nitrogens is 1. The van der Waals surface area contributed by atoms with Gasteiger partial charge in [0.1, 0.15) is 11.6 Å². The Morgan fingerprint density at radius 3 is 2.75 bits per heavy atom. The first-order valence-corrected chi connectivity index (χ1v) is 13.1. The van der Waals surface area contributed by atoms with Crippen LogP contribution >= 0.6 is 11.9 Å². The number of ether oxygens (including phenoxy) is 1. The van der Waals surface area contributed by atoms with E-state index in [1.807, 2.05) is 55.6 Å². The van der Waals surface area contributed by atoms with E-state index in [0.717, 1.165) is 39.7 Å². The van der Waals surface area contributed by atoms with Crippen LogP contribution in [-0.2, 0) is 6.42 Å². The smallest absolute Gasteiger partial charge is 0.255 e. The Hall–Kier alpha value is -3.49. The predicted molar refractivity (Wildman–Crippen MR) is 145 cm³/mol. The van der Waals surface area contributed by atoms with E-state index in [9.17, 15) is 14.3 Å². The minimum Gasteiger partial charge on any atom is -0.493 e. The molecule has 0 radical (unpaired) electrons. The summed E-state index contributed by atoms with van der Waals surface area (Å²) in [5, 5.41) is 13.7. The van der Waals surface area contributed by atoms with Crippen LogP contribution < -0.4 is 14.8 Å². The van der Waals surface area contributed by atoms with Crippen molar-refractivity contribution in [1.82, 2.24) is 10.3 Å². The van der Waals surface area contributed by atoms with Crippen molar-refractivity contribution in [2.75, 3.05) is 24.2 Å². The van der Waals surface area contributed by atoms with Gasteiger partial charge in [0.2, 0.25) is 0 Å². The average Bonchev–Trinajstić information content (AvgIpc) is 3.28. The molecule has 1 heterocycles. The highest BCUT2D eigenvalue weighted by Gasteiger charge is 2.20. The molecule has 6 nitrogen and oxygen atoms in total. The zero-order chi connectivity index (χ0) is 25.5. The number of carbonyl (C=O) groups is 1. The fraction of sp³-hybridized carbons (Fsp3) is 0.250. The maximum absolute atomic E-state index is 13.8. The number of hydrogen-bond donors (Lipinski definition) is 4. The van der Waals surface area contributed by atoms with Gasteiger partial charge in [0.05, 0.1) is 24.8 Å². The fourth-order valence-corrected chi connectivity index (χ4v) is 4.48. The molecule has 0 aliphatic carbocycles. The number of aromatic nitrogens is 1. The molecule has 8 heteroatoms. The number of aliphatic hydroxyl groups excluding tert-OH is 1. The average molecular weight is 508 g/mol. The minimum atomic E-state index is -0.559. The van der Waals surface area contributed by atoms with Gasteiger partial charge >= 0.3 is 0 Å². The summed E-state index contributed by atoms with van der Waals surface area (Å²) < 4.78 is 22.9. The van der Waals surface area contributed by atoms with Crippen molar-refractivity contribution in [2.45, 2.75) is 25.8 Å². The maximum atomic E-state index is 13.8. The molecule has 0 aliphatic rings. The van der Waals surface area contributed by atoms with Gasteiger partial charge in [-0.15, -0.1) is 0 Å². The number of aliphatic hydroxyl groups is 1. The van der Waals surface area contributed by atoms with Crippen LogP contribution in [0.5, 0.6) is 5.75 Å². The molecule has 1 unspecified atom stereocenters. The van der Waals surface area contributed by atoms with E-state index in [-0.39, 0.29) is 18.3 Å². The zero-order valence-corrected chi connectivity index (χ0v) is 21.1. The molecule has 0 bridgehead atoms. The number of carbonyl (C=O) groups excluding carboxylic acids is 1. The molecule has 0 fully saturated rings. The van der Waals surface area contributed by atoms with Crippen LogP contribution in [0.25, 0.3) is 22.0 Å². The summed E-state index contributed by atoms with van der Waals surface area (Å²) in [6, 6.07) is 17.5. The lowest BCUT2D eigenvalue weighted by Crippen LogP contribution is -2.39. The number of rotatable bonds is 11. The van der Waals surface area contributed by atoms with Gasteiger partial charge in [0, 0.05) is 29.0 Å². The molecular formula is C28H30FN3O3S. The van der Waals surface area contributed by atoms with Crippen LogP contribution in [0.15, 0.2) is 66.9 Å². The van der Waals surface area contributed by atoms with Crippen LogP contribution in [0.4, 0.5) is 10.1 Å². The predicted octanol–water partition coefficient (Wildman–Crippen LogP) is 5.79. The Morgan fingerprint density at radius 1 is 1.14 bits per heavy atom. The van der Waals surface area contributed by atoms with Crippen LogP contribution in [0.3, 0.4) is 0 Å². The van der Waals surface area contributed by atoms with Crippen molar-refractivity contribution < 1.29 is 19.0 Å². The molecule has 1 amide bonds. The summed E-state index contributed by atoms with van der Waals surface area (Å²) in [4.78, 5) is 16.5. The van der Waals surface area contributed by atoms with E-state index in [1.165, 1.54) is 24.1 Å². The van der Waals surface area contributed by atoms with Crippen molar-refractivity contribution in [3.8, 4) is 16.9 Å². The molecule has 1 aromatic heterocycles. The van der Waals surface area contributed by atoms with Gasteiger partial charge in [-0.05, 0) is 72.0 Å². The first-order chi connectivity index (χ1) is 17.5. The number of nitrogens with one attached hydrogen (secondary N) is 3. The van der Waals surface area contributed by atoms with Gasteiger partial charge in [-0.1, -0.05) is 37.1 Å². The second-order valence-electron chi connectivity index (χ2n) is 8.51. The third-order valence-electron chi connectivity index (χ3n) is 5.85. The summed E-state index contributed by atoms with van der Waals surface area (Å²) >= 11 is 1.51. The molecule has 188 valence electrons. The van der Waals surface area contributed by atoms with Gasteiger partial charge in [-0.25, -0.2) is 4.39 Å². The standard InChI is InChI=1S/C28H30FN3O3S/c1-3-11-35-27-10-7-19(18-5-4-6-22(12-18)32-36-2)14-25(27)28(34)31-23(17-33)13-20-16-30-26-9-8-21(29)15-24(20)26/h4-10,12,14-16,23,30,32-33H,3,11,13,17H2,1-2H3,(H,31,34). The molecule has 1 atom stereocenters. The Bertz CT molecular complexity index is 1340. The Kier molecular flexibility index (Phi) is 8.51. The van der Waals surface area contributed by atoms with Crippen molar-refractivity contribution in [1.29, 1.82) is 0 Å². The lowest BCUT2D eigenvalue weighted by molar-refractivity contribution is 0.0912. The van der Waals surface area contributed by atoms with Gasteiger partial charge < -0.3 is 24.9 Å². The van der Waals surface area contributed by atoms with Gasteiger partial charge in [-0.3, -0.25) is 4.79 Å². The maximum Gasteiger partial charge on any atom is 0.255 e. The third-order valence-corrected chi connectivity index (χ3v) is 6.29. The molecular weight excluding hydrogens is 477 g/mol. The largest absolute Gasteiger partial charge is 0.493 e. The van der Waals surface area contributed by atoms with Gasteiger partial charge in [0.15, 0.2) is 0 Å². The SMILES string of the molecule is CCCOc1ccc(-c2cccc(NSC)c2)cc1C(=O)NC(CO)Cc1c[nH]c2ccc(F)cc12.